The first kappa shape index (κ1) is 18.2. The van der Waals surface area contributed by atoms with E-state index in [1.165, 1.54) is 14.2 Å². The molecule has 2 saturated heterocycles. The second kappa shape index (κ2) is 6.75. The SMILES string of the molecule is COC(=O)[C@@H]1N[C@H](c2cc(OC)ccc2-n2cccn2)[C@@H]2C(=O)N(C)C(=O)[C@@H]21. The van der Waals surface area contributed by atoms with Gasteiger partial charge in [-0.15, -0.1) is 0 Å². The van der Waals surface area contributed by atoms with Gasteiger partial charge in [0.2, 0.25) is 11.8 Å². The van der Waals surface area contributed by atoms with Crippen molar-refractivity contribution in [3.05, 3.63) is 42.2 Å². The fourth-order valence-corrected chi connectivity index (χ4v) is 4.12. The van der Waals surface area contributed by atoms with Crippen molar-refractivity contribution >= 4 is 17.8 Å². The van der Waals surface area contributed by atoms with Crippen molar-refractivity contribution in [2.24, 2.45) is 11.8 Å². The van der Waals surface area contributed by atoms with Crippen molar-refractivity contribution in [3.63, 3.8) is 0 Å². The molecule has 3 heterocycles. The Labute approximate surface area is 161 Å². The maximum absolute atomic E-state index is 12.8. The standard InChI is InChI=1S/C19H20N4O5/c1-22-17(24)13-14(18(22)25)16(19(26)28-3)21-15(13)11-9-10(27-2)5-6-12(11)23-8-4-7-20-23/h4-9,13-16,21H,1-3H3/t13-,14+,15-,16-/m1/s1. The zero-order chi connectivity index (χ0) is 20.0. The Morgan fingerprint density at radius 2 is 1.93 bits per heavy atom. The topological polar surface area (TPSA) is 103 Å². The summed E-state index contributed by atoms with van der Waals surface area (Å²) >= 11 is 0. The van der Waals surface area contributed by atoms with Crippen molar-refractivity contribution in [1.82, 2.24) is 20.0 Å². The van der Waals surface area contributed by atoms with E-state index in [9.17, 15) is 14.4 Å². The van der Waals surface area contributed by atoms with Crippen LogP contribution in [0.5, 0.6) is 5.75 Å². The average Bonchev–Trinajstić information content (AvgIpc) is 3.42. The molecule has 2 aliphatic heterocycles. The molecule has 9 heteroatoms. The van der Waals surface area contributed by atoms with E-state index in [0.717, 1.165) is 10.6 Å². The van der Waals surface area contributed by atoms with Gasteiger partial charge >= 0.3 is 5.97 Å². The van der Waals surface area contributed by atoms with Gasteiger partial charge in [-0.2, -0.15) is 5.10 Å². The molecule has 1 aromatic carbocycles. The number of hydrogen-bond acceptors (Lipinski definition) is 7. The molecule has 2 fully saturated rings. The molecule has 0 unspecified atom stereocenters. The van der Waals surface area contributed by atoms with Crippen LogP contribution < -0.4 is 10.1 Å². The maximum atomic E-state index is 12.8. The smallest absolute Gasteiger partial charge is 0.323 e. The monoisotopic (exact) mass is 384 g/mol. The van der Waals surface area contributed by atoms with Crippen LogP contribution in [0.2, 0.25) is 0 Å². The molecule has 28 heavy (non-hydrogen) atoms. The summed E-state index contributed by atoms with van der Waals surface area (Å²) in [5.74, 6) is -2.22. The molecule has 1 N–H and O–H groups in total. The van der Waals surface area contributed by atoms with Crippen LogP contribution in [0.3, 0.4) is 0 Å². The largest absolute Gasteiger partial charge is 0.497 e. The van der Waals surface area contributed by atoms with Crippen LogP contribution in [0.1, 0.15) is 11.6 Å². The Kier molecular flexibility index (Phi) is 4.38. The van der Waals surface area contributed by atoms with Gasteiger partial charge in [0.25, 0.3) is 0 Å². The molecule has 9 nitrogen and oxygen atoms in total. The highest BCUT2D eigenvalue weighted by Crippen LogP contribution is 2.45. The first-order valence-corrected chi connectivity index (χ1v) is 8.81. The van der Waals surface area contributed by atoms with E-state index in [1.807, 2.05) is 6.07 Å². The Hall–Kier alpha value is -3.20. The summed E-state index contributed by atoms with van der Waals surface area (Å²) in [4.78, 5) is 38.9. The highest BCUT2D eigenvalue weighted by Gasteiger charge is 2.60. The molecular weight excluding hydrogens is 364 g/mol. The van der Waals surface area contributed by atoms with Crippen LogP contribution in [0.15, 0.2) is 36.7 Å². The number of carbonyl (C=O) groups excluding carboxylic acids is 3. The van der Waals surface area contributed by atoms with Crippen molar-refractivity contribution in [2.45, 2.75) is 12.1 Å². The maximum Gasteiger partial charge on any atom is 0.323 e. The predicted octanol–water partition coefficient (Wildman–Crippen LogP) is 0.298. The summed E-state index contributed by atoms with van der Waals surface area (Å²) in [5.41, 5.74) is 1.43. The van der Waals surface area contributed by atoms with Crippen LogP contribution >= 0.6 is 0 Å². The summed E-state index contributed by atoms with van der Waals surface area (Å²) in [6, 6.07) is 5.71. The fourth-order valence-electron chi connectivity index (χ4n) is 4.12. The van der Waals surface area contributed by atoms with E-state index in [1.54, 1.807) is 42.4 Å². The summed E-state index contributed by atoms with van der Waals surface area (Å²) in [5, 5.41) is 7.43. The molecular formula is C19H20N4O5. The molecule has 0 spiro atoms. The molecule has 0 aliphatic carbocycles. The number of methoxy groups -OCH3 is 2. The third-order valence-electron chi connectivity index (χ3n) is 5.47. The number of nitrogens with one attached hydrogen (secondary N) is 1. The molecule has 2 amide bonds. The van der Waals surface area contributed by atoms with Crippen LogP contribution in [0, 0.1) is 11.8 Å². The second-order valence-electron chi connectivity index (χ2n) is 6.81. The van der Waals surface area contributed by atoms with Gasteiger partial charge in [-0.05, 0) is 29.8 Å². The molecule has 0 radical (unpaired) electrons. The van der Waals surface area contributed by atoms with Gasteiger partial charge in [0.05, 0.1) is 31.7 Å². The van der Waals surface area contributed by atoms with Gasteiger partial charge < -0.3 is 9.47 Å². The summed E-state index contributed by atoms with van der Waals surface area (Å²) in [7, 11) is 4.25. The molecule has 4 rings (SSSR count). The van der Waals surface area contributed by atoms with E-state index in [-0.39, 0.29) is 11.8 Å². The minimum Gasteiger partial charge on any atom is -0.497 e. The van der Waals surface area contributed by atoms with Crippen LogP contribution in [-0.2, 0) is 19.1 Å². The van der Waals surface area contributed by atoms with Gasteiger partial charge in [-0.1, -0.05) is 0 Å². The molecule has 2 aliphatic rings. The van der Waals surface area contributed by atoms with Gasteiger partial charge in [0.1, 0.15) is 11.8 Å². The number of fused-ring (bicyclic) bond motifs is 1. The van der Waals surface area contributed by atoms with E-state index < -0.39 is 29.9 Å². The number of nitrogens with zero attached hydrogens (tertiary/aromatic N) is 3. The summed E-state index contributed by atoms with van der Waals surface area (Å²) in [6.07, 6.45) is 3.43. The number of likely N-dealkylation sites (tertiary alicyclic amines) is 1. The summed E-state index contributed by atoms with van der Waals surface area (Å²) < 4.78 is 11.9. The lowest BCUT2D eigenvalue weighted by molar-refractivity contribution is -0.147. The van der Waals surface area contributed by atoms with Gasteiger partial charge in [-0.3, -0.25) is 24.6 Å². The van der Waals surface area contributed by atoms with Crippen molar-refractivity contribution in [1.29, 1.82) is 0 Å². The normalized spacial score (nSPS) is 26.5. The Balaban J connectivity index is 1.85. The minimum absolute atomic E-state index is 0.326. The zero-order valence-corrected chi connectivity index (χ0v) is 15.7. The molecule has 0 saturated carbocycles. The number of amides is 2. The number of aromatic nitrogens is 2. The number of ether oxygens (including phenoxy) is 2. The number of rotatable bonds is 4. The first-order valence-electron chi connectivity index (χ1n) is 8.81. The molecule has 4 atom stereocenters. The highest BCUT2D eigenvalue weighted by molar-refractivity contribution is 6.08. The number of imide groups is 1. The van der Waals surface area contributed by atoms with Crippen molar-refractivity contribution in [2.75, 3.05) is 21.3 Å². The zero-order valence-electron chi connectivity index (χ0n) is 15.7. The Morgan fingerprint density at radius 3 is 2.57 bits per heavy atom. The molecule has 0 bridgehead atoms. The lowest BCUT2D eigenvalue weighted by Gasteiger charge is -2.22. The third-order valence-corrected chi connectivity index (χ3v) is 5.47. The molecule has 2 aromatic rings. The van der Waals surface area contributed by atoms with Gasteiger partial charge in [0, 0.05) is 25.5 Å². The summed E-state index contributed by atoms with van der Waals surface area (Å²) in [6.45, 7) is 0. The van der Waals surface area contributed by atoms with Crippen molar-refractivity contribution in [3.8, 4) is 11.4 Å². The Bertz CT molecular complexity index is 942. The predicted molar refractivity (Wildman–Crippen MR) is 96.6 cm³/mol. The minimum atomic E-state index is -0.905. The number of hydrogen-bond donors (Lipinski definition) is 1. The van der Waals surface area contributed by atoms with E-state index in [4.69, 9.17) is 9.47 Å². The second-order valence-corrected chi connectivity index (χ2v) is 6.81. The molecule has 146 valence electrons. The highest BCUT2D eigenvalue weighted by atomic mass is 16.5. The number of carbonyl (C=O) groups is 3. The van der Waals surface area contributed by atoms with Crippen molar-refractivity contribution < 1.29 is 23.9 Å². The van der Waals surface area contributed by atoms with E-state index >= 15 is 0 Å². The molecule has 1 aromatic heterocycles. The average molecular weight is 384 g/mol. The lowest BCUT2D eigenvalue weighted by Crippen LogP contribution is -2.42. The first-order chi connectivity index (χ1) is 13.5. The quantitative estimate of drug-likeness (QED) is 0.597. The van der Waals surface area contributed by atoms with Gasteiger partial charge in [-0.25, -0.2) is 4.68 Å². The lowest BCUT2D eigenvalue weighted by atomic mass is 9.86. The van der Waals surface area contributed by atoms with E-state index in [2.05, 4.69) is 10.4 Å². The van der Waals surface area contributed by atoms with Crippen LogP contribution in [0.4, 0.5) is 0 Å². The van der Waals surface area contributed by atoms with E-state index in [0.29, 0.717) is 11.3 Å². The number of esters is 1. The third kappa shape index (κ3) is 2.58. The van der Waals surface area contributed by atoms with Crippen LogP contribution in [0.25, 0.3) is 5.69 Å². The van der Waals surface area contributed by atoms with Crippen LogP contribution in [-0.4, -0.2) is 59.8 Å². The van der Waals surface area contributed by atoms with Gasteiger partial charge in [0.15, 0.2) is 0 Å². The number of benzene rings is 1. The Morgan fingerprint density at radius 1 is 1.18 bits per heavy atom. The fraction of sp³-hybridized carbons (Fsp3) is 0.368.